The molecule has 1 aliphatic carbocycles. The van der Waals surface area contributed by atoms with Crippen molar-refractivity contribution in [3.8, 4) is 6.07 Å². The van der Waals surface area contributed by atoms with Crippen LogP contribution >= 0.6 is 0 Å². The summed E-state index contributed by atoms with van der Waals surface area (Å²) in [6, 6.07) is 2.20. The van der Waals surface area contributed by atoms with Crippen LogP contribution in [0.5, 0.6) is 0 Å². The van der Waals surface area contributed by atoms with Gasteiger partial charge in [-0.25, -0.2) is 0 Å². The van der Waals surface area contributed by atoms with Crippen molar-refractivity contribution in [1.29, 1.82) is 5.26 Å². The van der Waals surface area contributed by atoms with Crippen molar-refractivity contribution < 1.29 is 5.11 Å². The fraction of sp³-hybridized carbons (Fsp3) is 0.909. The smallest absolute Gasteiger partial charge is 0.0956 e. The van der Waals surface area contributed by atoms with Crippen LogP contribution in [0.15, 0.2) is 0 Å². The van der Waals surface area contributed by atoms with Gasteiger partial charge in [0.2, 0.25) is 0 Å². The van der Waals surface area contributed by atoms with Crippen molar-refractivity contribution in [1.82, 2.24) is 5.32 Å². The molecule has 1 rings (SSSR count). The van der Waals surface area contributed by atoms with Crippen LogP contribution in [0.25, 0.3) is 0 Å². The number of aliphatic hydroxyl groups is 1. The molecule has 1 fully saturated rings. The minimum Gasteiger partial charge on any atom is -0.395 e. The van der Waals surface area contributed by atoms with Crippen molar-refractivity contribution in [2.45, 2.75) is 44.6 Å². The van der Waals surface area contributed by atoms with Gasteiger partial charge in [0.25, 0.3) is 0 Å². The summed E-state index contributed by atoms with van der Waals surface area (Å²) in [6.07, 6.45) is 7.51. The molecule has 0 amide bonds. The molecule has 0 aromatic rings. The lowest BCUT2D eigenvalue weighted by molar-refractivity contribution is 0.274. The molecule has 1 atom stereocenters. The van der Waals surface area contributed by atoms with E-state index in [4.69, 9.17) is 10.4 Å². The van der Waals surface area contributed by atoms with E-state index in [0.29, 0.717) is 6.54 Å². The summed E-state index contributed by atoms with van der Waals surface area (Å²) in [6.45, 7) is 0.647. The highest BCUT2D eigenvalue weighted by molar-refractivity contribution is 4.91. The Balaban J connectivity index is 2.21. The first-order chi connectivity index (χ1) is 6.86. The third-order valence-corrected chi connectivity index (χ3v) is 2.95. The molecule has 0 spiro atoms. The monoisotopic (exact) mass is 196 g/mol. The van der Waals surface area contributed by atoms with Crippen molar-refractivity contribution in [2.75, 3.05) is 13.2 Å². The summed E-state index contributed by atoms with van der Waals surface area (Å²) >= 11 is 0. The zero-order valence-corrected chi connectivity index (χ0v) is 8.71. The van der Waals surface area contributed by atoms with E-state index in [1.165, 1.54) is 32.1 Å². The standard InChI is InChI=1S/C11H20N2O/c12-9-11(13-6-7-14)8-10-4-2-1-3-5-10/h10-11,13-14H,1-8H2. The first-order valence-corrected chi connectivity index (χ1v) is 5.60. The summed E-state index contributed by atoms with van der Waals surface area (Å²) in [5.74, 6) is 0.722. The van der Waals surface area contributed by atoms with Gasteiger partial charge in [0.1, 0.15) is 0 Å². The van der Waals surface area contributed by atoms with E-state index < -0.39 is 0 Å². The number of nitrogens with zero attached hydrogens (tertiary/aromatic N) is 1. The third-order valence-electron chi connectivity index (χ3n) is 2.95. The molecule has 0 aliphatic heterocycles. The molecule has 0 aromatic carbocycles. The average Bonchev–Trinajstić information content (AvgIpc) is 2.25. The van der Waals surface area contributed by atoms with Gasteiger partial charge in [-0.15, -0.1) is 0 Å². The molecule has 0 heterocycles. The van der Waals surface area contributed by atoms with Crippen molar-refractivity contribution >= 4 is 0 Å². The Morgan fingerprint density at radius 1 is 1.36 bits per heavy atom. The van der Waals surface area contributed by atoms with Crippen LogP contribution in [-0.2, 0) is 0 Å². The average molecular weight is 196 g/mol. The van der Waals surface area contributed by atoms with E-state index in [0.717, 1.165) is 12.3 Å². The highest BCUT2D eigenvalue weighted by atomic mass is 16.3. The molecule has 3 nitrogen and oxygen atoms in total. The van der Waals surface area contributed by atoms with Crippen LogP contribution in [0.2, 0.25) is 0 Å². The first kappa shape index (κ1) is 11.5. The number of hydrogen-bond donors (Lipinski definition) is 2. The topological polar surface area (TPSA) is 56.0 Å². The Morgan fingerprint density at radius 2 is 2.07 bits per heavy atom. The van der Waals surface area contributed by atoms with Gasteiger partial charge in [-0.3, -0.25) is 5.32 Å². The van der Waals surface area contributed by atoms with Crippen LogP contribution in [-0.4, -0.2) is 24.3 Å². The molecule has 0 radical (unpaired) electrons. The zero-order chi connectivity index (χ0) is 10.2. The third kappa shape index (κ3) is 4.08. The Kier molecular flexibility index (Phi) is 5.58. The summed E-state index contributed by atoms with van der Waals surface area (Å²) in [5, 5.41) is 20.6. The molecule has 1 saturated carbocycles. The fourth-order valence-corrected chi connectivity index (χ4v) is 2.18. The van der Waals surface area contributed by atoms with Crippen molar-refractivity contribution in [3.05, 3.63) is 0 Å². The number of nitriles is 1. The molecule has 1 aliphatic rings. The van der Waals surface area contributed by atoms with Crippen LogP contribution in [0.1, 0.15) is 38.5 Å². The highest BCUT2D eigenvalue weighted by Crippen LogP contribution is 2.27. The van der Waals surface area contributed by atoms with E-state index in [1.54, 1.807) is 0 Å². The largest absolute Gasteiger partial charge is 0.395 e. The maximum atomic E-state index is 8.89. The molecule has 1 unspecified atom stereocenters. The second-order valence-corrected chi connectivity index (χ2v) is 4.10. The molecule has 14 heavy (non-hydrogen) atoms. The minimum atomic E-state index is -0.0646. The minimum absolute atomic E-state index is 0.0646. The van der Waals surface area contributed by atoms with Crippen molar-refractivity contribution in [2.24, 2.45) is 5.92 Å². The lowest BCUT2D eigenvalue weighted by Gasteiger charge is -2.23. The Labute approximate surface area is 86.1 Å². The molecule has 0 saturated heterocycles. The van der Waals surface area contributed by atoms with Crippen LogP contribution in [0.3, 0.4) is 0 Å². The van der Waals surface area contributed by atoms with Gasteiger partial charge in [0, 0.05) is 6.54 Å². The van der Waals surface area contributed by atoms with E-state index in [1.807, 2.05) is 0 Å². The van der Waals surface area contributed by atoms with Gasteiger partial charge in [-0.2, -0.15) is 5.26 Å². The lowest BCUT2D eigenvalue weighted by atomic mass is 9.85. The maximum absolute atomic E-state index is 8.89. The Morgan fingerprint density at radius 3 is 2.64 bits per heavy atom. The number of hydrogen-bond acceptors (Lipinski definition) is 3. The first-order valence-electron chi connectivity index (χ1n) is 5.60. The van der Waals surface area contributed by atoms with Crippen LogP contribution in [0.4, 0.5) is 0 Å². The predicted octanol–water partition coefficient (Wildman–Crippen LogP) is 1.43. The highest BCUT2D eigenvalue weighted by Gasteiger charge is 2.17. The number of nitrogens with one attached hydrogen (secondary N) is 1. The molecule has 0 aromatic heterocycles. The van der Waals surface area contributed by atoms with Crippen LogP contribution in [0, 0.1) is 17.2 Å². The van der Waals surface area contributed by atoms with E-state index in [2.05, 4.69) is 11.4 Å². The quantitative estimate of drug-likeness (QED) is 0.699. The Hall–Kier alpha value is -0.590. The normalized spacial score (nSPS) is 20.3. The fourth-order valence-electron chi connectivity index (χ4n) is 2.18. The SMILES string of the molecule is N#CC(CC1CCCCC1)NCCO. The van der Waals surface area contributed by atoms with Gasteiger partial charge in [0.05, 0.1) is 18.7 Å². The second kappa shape index (κ2) is 6.80. The summed E-state index contributed by atoms with van der Waals surface area (Å²) in [4.78, 5) is 0. The zero-order valence-electron chi connectivity index (χ0n) is 8.71. The van der Waals surface area contributed by atoms with Crippen molar-refractivity contribution in [3.63, 3.8) is 0 Å². The van der Waals surface area contributed by atoms with Gasteiger partial charge >= 0.3 is 0 Å². The van der Waals surface area contributed by atoms with Crippen LogP contribution < -0.4 is 5.32 Å². The molecular weight excluding hydrogens is 176 g/mol. The predicted molar refractivity (Wildman–Crippen MR) is 55.7 cm³/mol. The second-order valence-electron chi connectivity index (χ2n) is 4.10. The molecule has 3 heteroatoms. The van der Waals surface area contributed by atoms with Gasteiger partial charge in [0.15, 0.2) is 0 Å². The molecular formula is C11H20N2O. The number of rotatable bonds is 5. The van der Waals surface area contributed by atoms with Gasteiger partial charge in [-0.05, 0) is 12.3 Å². The Bertz CT molecular complexity index is 182. The summed E-state index contributed by atoms with van der Waals surface area (Å²) in [7, 11) is 0. The van der Waals surface area contributed by atoms with Gasteiger partial charge < -0.3 is 5.11 Å². The molecule has 0 bridgehead atoms. The van der Waals surface area contributed by atoms with E-state index in [-0.39, 0.29) is 12.6 Å². The van der Waals surface area contributed by atoms with Gasteiger partial charge in [-0.1, -0.05) is 32.1 Å². The summed E-state index contributed by atoms with van der Waals surface area (Å²) in [5.41, 5.74) is 0. The lowest BCUT2D eigenvalue weighted by Crippen LogP contribution is -2.32. The molecule has 2 N–H and O–H groups in total. The van der Waals surface area contributed by atoms with E-state index >= 15 is 0 Å². The molecule has 80 valence electrons. The van der Waals surface area contributed by atoms with E-state index in [9.17, 15) is 0 Å². The number of aliphatic hydroxyl groups excluding tert-OH is 1. The summed E-state index contributed by atoms with van der Waals surface area (Å²) < 4.78 is 0. The maximum Gasteiger partial charge on any atom is 0.0956 e.